The molecule has 0 spiro atoms. The van der Waals surface area contributed by atoms with Gasteiger partial charge in [0.25, 0.3) is 0 Å². The van der Waals surface area contributed by atoms with Gasteiger partial charge in [-0.05, 0) is 62.2 Å². The molecule has 4 aromatic rings. The Kier molecular flexibility index (Phi) is 7.04. The van der Waals surface area contributed by atoms with Gasteiger partial charge in [0.1, 0.15) is 5.82 Å². The third kappa shape index (κ3) is 4.75. The van der Waals surface area contributed by atoms with Crippen LogP contribution in [0.1, 0.15) is 26.3 Å². The van der Waals surface area contributed by atoms with Crippen LogP contribution in [0.2, 0.25) is 0 Å². The van der Waals surface area contributed by atoms with Crippen molar-refractivity contribution in [1.29, 1.82) is 0 Å². The smallest absolute Gasteiger partial charge is 0.210 e. The van der Waals surface area contributed by atoms with Crippen molar-refractivity contribution in [3.63, 3.8) is 0 Å². The van der Waals surface area contributed by atoms with Gasteiger partial charge in [-0.15, -0.1) is 0 Å². The lowest BCUT2D eigenvalue weighted by Crippen LogP contribution is -2.45. The normalized spacial score (nSPS) is 11.6. The Morgan fingerprint density at radius 1 is 0.727 bits per heavy atom. The van der Waals surface area contributed by atoms with Crippen molar-refractivity contribution in [3.8, 4) is 0 Å². The summed E-state index contributed by atoms with van der Waals surface area (Å²) < 4.78 is 14.6. The van der Waals surface area contributed by atoms with Gasteiger partial charge in [-0.2, -0.15) is 0 Å². The van der Waals surface area contributed by atoms with E-state index in [1.807, 2.05) is 60.7 Å². The van der Waals surface area contributed by atoms with Gasteiger partial charge >= 0.3 is 0 Å². The van der Waals surface area contributed by atoms with E-state index in [0.717, 1.165) is 41.4 Å². The Labute approximate surface area is 195 Å². The van der Waals surface area contributed by atoms with E-state index in [9.17, 15) is 4.39 Å². The van der Waals surface area contributed by atoms with Crippen molar-refractivity contribution >= 4 is 33.8 Å². The summed E-state index contributed by atoms with van der Waals surface area (Å²) in [4.78, 5) is 9.52. The average Bonchev–Trinajstić information content (AvgIpc) is 2.87. The van der Waals surface area contributed by atoms with E-state index in [2.05, 4.69) is 54.8 Å². The minimum atomic E-state index is -0.213. The first-order chi connectivity index (χ1) is 16.2. The topological polar surface area (TPSA) is 18.8 Å². The molecule has 33 heavy (non-hydrogen) atoms. The standard InChI is InChI=1S/C29H30FN3/c1-4-22-13-12-16-24(21-22)32(5-2)29(31-23-14-8-7-9-15-23)33(6-3)28-20-19-27(30)25-17-10-11-18-26(25)28/h7-21H,4-6H2,1-3H3. The molecule has 0 bridgehead atoms. The second-order valence-corrected chi connectivity index (χ2v) is 7.87. The molecule has 0 radical (unpaired) electrons. The van der Waals surface area contributed by atoms with Crippen LogP contribution < -0.4 is 9.80 Å². The van der Waals surface area contributed by atoms with Gasteiger partial charge < -0.3 is 9.80 Å². The number of halogens is 1. The highest BCUT2D eigenvalue weighted by atomic mass is 19.1. The molecular formula is C29H30FN3. The molecule has 3 nitrogen and oxygen atoms in total. The second-order valence-electron chi connectivity index (χ2n) is 7.87. The largest absolute Gasteiger partial charge is 0.312 e. The van der Waals surface area contributed by atoms with Crippen molar-refractivity contribution < 1.29 is 4.39 Å². The van der Waals surface area contributed by atoms with Crippen molar-refractivity contribution in [2.75, 3.05) is 22.9 Å². The summed E-state index contributed by atoms with van der Waals surface area (Å²) in [6.45, 7) is 7.84. The Morgan fingerprint density at radius 3 is 2.12 bits per heavy atom. The number of hydrogen-bond acceptors (Lipinski definition) is 1. The summed E-state index contributed by atoms with van der Waals surface area (Å²) in [5.74, 6) is 0.603. The molecule has 0 aliphatic carbocycles. The maximum absolute atomic E-state index is 14.6. The van der Waals surface area contributed by atoms with Crippen molar-refractivity contribution in [2.24, 2.45) is 4.99 Å². The number of aliphatic imine (C=N–C) groups is 1. The minimum Gasteiger partial charge on any atom is -0.312 e. The van der Waals surface area contributed by atoms with E-state index in [4.69, 9.17) is 4.99 Å². The highest BCUT2D eigenvalue weighted by molar-refractivity contribution is 6.12. The van der Waals surface area contributed by atoms with Crippen LogP contribution in [-0.2, 0) is 6.42 Å². The van der Waals surface area contributed by atoms with E-state index in [-0.39, 0.29) is 5.82 Å². The summed E-state index contributed by atoms with van der Waals surface area (Å²) in [6, 6.07) is 29.6. The molecule has 0 fully saturated rings. The quantitative estimate of drug-likeness (QED) is 0.228. The third-order valence-electron chi connectivity index (χ3n) is 5.87. The molecule has 0 atom stereocenters. The molecule has 0 amide bonds. The summed E-state index contributed by atoms with van der Waals surface area (Å²) in [7, 11) is 0. The molecule has 0 unspecified atom stereocenters. The fourth-order valence-electron chi connectivity index (χ4n) is 4.17. The molecular weight excluding hydrogens is 409 g/mol. The molecule has 4 rings (SSSR count). The summed E-state index contributed by atoms with van der Waals surface area (Å²) in [5.41, 5.74) is 4.19. The number of hydrogen-bond donors (Lipinski definition) is 0. The zero-order chi connectivity index (χ0) is 23.2. The van der Waals surface area contributed by atoms with E-state index in [0.29, 0.717) is 11.9 Å². The highest BCUT2D eigenvalue weighted by Gasteiger charge is 2.22. The fraction of sp³-hybridized carbons (Fsp3) is 0.207. The van der Waals surface area contributed by atoms with Gasteiger partial charge in [-0.3, -0.25) is 0 Å². The molecule has 0 saturated carbocycles. The zero-order valence-corrected chi connectivity index (χ0v) is 19.5. The average molecular weight is 440 g/mol. The van der Waals surface area contributed by atoms with Crippen LogP contribution in [-0.4, -0.2) is 19.0 Å². The molecule has 0 aliphatic heterocycles. The molecule has 0 aliphatic rings. The van der Waals surface area contributed by atoms with Gasteiger partial charge in [-0.25, -0.2) is 9.38 Å². The van der Waals surface area contributed by atoms with Crippen LogP contribution in [0.4, 0.5) is 21.5 Å². The molecule has 0 heterocycles. The molecule has 0 saturated heterocycles. The van der Waals surface area contributed by atoms with Crippen LogP contribution in [0.15, 0.2) is 96.0 Å². The number of para-hydroxylation sites is 1. The van der Waals surface area contributed by atoms with Crippen LogP contribution >= 0.6 is 0 Å². The number of guanidine groups is 1. The van der Waals surface area contributed by atoms with Gasteiger partial charge in [0.15, 0.2) is 0 Å². The predicted octanol–water partition coefficient (Wildman–Crippen LogP) is 7.58. The highest BCUT2D eigenvalue weighted by Crippen LogP contribution is 2.31. The SMILES string of the molecule is CCc1cccc(N(CC)C(=Nc2ccccc2)N(CC)c2ccc(F)c3ccccc23)c1. The lowest BCUT2D eigenvalue weighted by atomic mass is 10.1. The first-order valence-electron chi connectivity index (χ1n) is 11.6. The van der Waals surface area contributed by atoms with E-state index in [1.165, 1.54) is 5.56 Å². The minimum absolute atomic E-state index is 0.213. The Balaban J connectivity index is 1.92. The summed E-state index contributed by atoms with van der Waals surface area (Å²) in [5, 5.41) is 1.49. The number of rotatable bonds is 6. The summed E-state index contributed by atoms with van der Waals surface area (Å²) in [6.07, 6.45) is 0.969. The lowest BCUT2D eigenvalue weighted by molar-refractivity contribution is 0.640. The third-order valence-corrected chi connectivity index (χ3v) is 5.87. The second kappa shape index (κ2) is 10.3. The van der Waals surface area contributed by atoms with Crippen molar-refractivity contribution in [2.45, 2.75) is 27.2 Å². The first kappa shape index (κ1) is 22.5. The molecule has 4 aromatic carbocycles. The fourth-order valence-corrected chi connectivity index (χ4v) is 4.17. The van der Waals surface area contributed by atoms with E-state index >= 15 is 0 Å². The van der Waals surface area contributed by atoms with Crippen LogP contribution in [0.25, 0.3) is 10.8 Å². The number of nitrogens with zero attached hydrogens (tertiary/aromatic N) is 3. The first-order valence-corrected chi connectivity index (χ1v) is 11.6. The Hall–Kier alpha value is -3.66. The van der Waals surface area contributed by atoms with Gasteiger partial charge in [0.2, 0.25) is 5.96 Å². The Morgan fingerprint density at radius 2 is 1.42 bits per heavy atom. The lowest BCUT2D eigenvalue weighted by Gasteiger charge is -2.34. The molecule has 168 valence electrons. The van der Waals surface area contributed by atoms with Crippen LogP contribution in [0.5, 0.6) is 0 Å². The van der Waals surface area contributed by atoms with Crippen LogP contribution in [0.3, 0.4) is 0 Å². The van der Waals surface area contributed by atoms with Gasteiger partial charge in [0.05, 0.1) is 11.4 Å². The number of fused-ring (bicyclic) bond motifs is 1. The van der Waals surface area contributed by atoms with Gasteiger partial charge in [-0.1, -0.05) is 61.5 Å². The Bertz CT molecular complexity index is 1250. The maximum atomic E-state index is 14.6. The number of benzene rings is 4. The molecule has 4 heteroatoms. The number of aryl methyl sites for hydroxylation is 1. The van der Waals surface area contributed by atoms with Crippen LogP contribution in [0, 0.1) is 5.82 Å². The number of anilines is 2. The van der Waals surface area contributed by atoms with Gasteiger partial charge in [0, 0.05) is 29.5 Å². The monoisotopic (exact) mass is 439 g/mol. The molecule has 0 N–H and O–H groups in total. The van der Waals surface area contributed by atoms with Crippen molar-refractivity contribution in [3.05, 3.63) is 102 Å². The van der Waals surface area contributed by atoms with Crippen molar-refractivity contribution in [1.82, 2.24) is 0 Å². The van der Waals surface area contributed by atoms with E-state index in [1.54, 1.807) is 6.07 Å². The van der Waals surface area contributed by atoms with E-state index < -0.39 is 0 Å². The zero-order valence-electron chi connectivity index (χ0n) is 19.5. The summed E-state index contributed by atoms with van der Waals surface area (Å²) >= 11 is 0. The predicted molar refractivity (Wildman–Crippen MR) is 139 cm³/mol. The maximum Gasteiger partial charge on any atom is 0.210 e. The molecule has 0 aromatic heterocycles.